The molecule has 0 heterocycles. The van der Waals surface area contributed by atoms with Gasteiger partial charge in [0.25, 0.3) is 0 Å². The van der Waals surface area contributed by atoms with Gasteiger partial charge in [0, 0.05) is 5.69 Å². The van der Waals surface area contributed by atoms with E-state index in [4.69, 9.17) is 5.14 Å². The van der Waals surface area contributed by atoms with E-state index in [-0.39, 0.29) is 11.5 Å². The van der Waals surface area contributed by atoms with E-state index in [1.807, 2.05) is 60.7 Å². The molecular formula is C42H48N4O6S2. The third kappa shape index (κ3) is 10.3. The quantitative estimate of drug-likeness (QED) is 0.130. The Morgan fingerprint density at radius 3 is 1.50 bits per heavy atom. The molecule has 4 aromatic rings. The number of nitrogens with one attached hydrogen (secondary N) is 2. The van der Waals surface area contributed by atoms with Crippen molar-refractivity contribution in [2.45, 2.75) is 89.9 Å². The Bertz CT molecular complexity index is 2190. The number of nitrogens with two attached hydrogens (primary N) is 1. The van der Waals surface area contributed by atoms with Crippen molar-refractivity contribution in [3.05, 3.63) is 128 Å². The van der Waals surface area contributed by atoms with Gasteiger partial charge in [-0.05, 0) is 146 Å². The highest BCUT2D eigenvalue weighted by atomic mass is 32.2. The number of isocyanates is 1. The van der Waals surface area contributed by atoms with E-state index in [2.05, 4.69) is 27.2 Å². The number of nitrogens with zero attached hydrogens (tertiary/aromatic N) is 1. The summed E-state index contributed by atoms with van der Waals surface area (Å²) in [7, 11) is -7.01. The van der Waals surface area contributed by atoms with Crippen molar-refractivity contribution in [1.82, 2.24) is 4.72 Å². The van der Waals surface area contributed by atoms with Gasteiger partial charge >= 0.3 is 6.03 Å². The molecule has 284 valence electrons. The first-order valence-electron chi connectivity index (χ1n) is 18.8. The molecule has 4 aromatic carbocycles. The van der Waals surface area contributed by atoms with E-state index in [1.54, 1.807) is 6.08 Å². The van der Waals surface area contributed by atoms with E-state index in [0.29, 0.717) is 12.8 Å². The van der Waals surface area contributed by atoms with Gasteiger partial charge in [-0.3, -0.25) is 0 Å². The Morgan fingerprint density at radius 1 is 0.630 bits per heavy atom. The largest absolute Gasteiger partial charge is 0.332 e. The van der Waals surface area contributed by atoms with Crippen LogP contribution in [0.2, 0.25) is 0 Å². The van der Waals surface area contributed by atoms with Crippen molar-refractivity contribution in [2.24, 2.45) is 10.1 Å². The normalized spacial score (nSPS) is 14.9. The highest BCUT2D eigenvalue weighted by molar-refractivity contribution is 7.90. The van der Waals surface area contributed by atoms with Crippen LogP contribution in [-0.2, 0) is 89.0 Å². The Hall–Kier alpha value is -4.61. The number of primary sulfonamides is 1. The molecule has 54 heavy (non-hydrogen) atoms. The lowest BCUT2D eigenvalue weighted by molar-refractivity contribution is 0.256. The summed E-state index contributed by atoms with van der Waals surface area (Å²) in [5.41, 5.74) is 14.2. The zero-order chi connectivity index (χ0) is 38.1. The molecular weight excluding hydrogens is 721 g/mol. The van der Waals surface area contributed by atoms with Gasteiger partial charge in [0.05, 0.1) is 17.2 Å². The molecule has 8 rings (SSSR count). The number of sulfonamides is 2. The lowest BCUT2D eigenvalue weighted by atomic mass is 9.99. The molecule has 0 unspecified atom stereocenters. The lowest BCUT2D eigenvalue weighted by Gasteiger charge is -2.16. The molecule has 0 spiro atoms. The predicted molar refractivity (Wildman–Crippen MR) is 213 cm³/mol. The van der Waals surface area contributed by atoms with Gasteiger partial charge in [-0.25, -0.2) is 36.3 Å². The maximum Gasteiger partial charge on any atom is 0.332 e. The highest BCUT2D eigenvalue weighted by Crippen LogP contribution is 2.40. The first kappa shape index (κ1) is 39.1. The standard InChI is InChI=1S/C21H24N2O3S.C13H13NO.C8H11NO2S/c24-21(23-27(25,26)13-12-15-6-2-1-3-7-15)22-20-18-10-4-8-16(18)14-17-9-5-11-19(17)20;15-8-14-13-11-5-1-3-9(11)7-10-4-2-6-12(10)13;9-12(10,11)7-6-8-4-2-1-3-5-8/h1-3,6-7,14H,4-5,8-13H2,(H2,22,23,24);7H,1-6H2;1-5H,6-7H2,(H2,9,10,11). The van der Waals surface area contributed by atoms with E-state index in [0.717, 1.165) is 86.7 Å². The molecule has 12 heteroatoms. The monoisotopic (exact) mass is 768 g/mol. The number of fused-ring (bicyclic) bond motifs is 4. The van der Waals surface area contributed by atoms with Crippen molar-refractivity contribution < 1.29 is 26.4 Å². The fourth-order valence-electron chi connectivity index (χ4n) is 8.07. The van der Waals surface area contributed by atoms with Crippen molar-refractivity contribution >= 4 is 43.5 Å². The summed E-state index contributed by atoms with van der Waals surface area (Å²) < 4.78 is 47.9. The van der Waals surface area contributed by atoms with Gasteiger partial charge in [-0.15, -0.1) is 0 Å². The van der Waals surface area contributed by atoms with Crippen LogP contribution in [0, 0.1) is 0 Å². The van der Waals surface area contributed by atoms with E-state index < -0.39 is 26.1 Å². The number of hydrogen-bond donors (Lipinski definition) is 3. The summed E-state index contributed by atoms with van der Waals surface area (Å²) in [6, 6.07) is 22.8. The number of carbonyl (C=O) groups is 1. The number of carbonyl (C=O) groups excluding carboxylic acids is 2. The highest BCUT2D eigenvalue weighted by Gasteiger charge is 2.26. The van der Waals surface area contributed by atoms with Crippen LogP contribution in [0.4, 0.5) is 16.2 Å². The lowest BCUT2D eigenvalue weighted by Crippen LogP contribution is -2.36. The summed E-state index contributed by atoms with van der Waals surface area (Å²) in [6.45, 7) is 0. The van der Waals surface area contributed by atoms with Gasteiger partial charge < -0.3 is 5.32 Å². The fraction of sp³-hybridized carbons (Fsp3) is 0.381. The second-order valence-electron chi connectivity index (χ2n) is 14.4. The van der Waals surface area contributed by atoms with Crippen LogP contribution in [0.15, 0.2) is 77.8 Å². The number of anilines is 1. The molecule has 2 amide bonds. The summed E-state index contributed by atoms with van der Waals surface area (Å²) >= 11 is 0. The summed E-state index contributed by atoms with van der Waals surface area (Å²) in [5.74, 6) is -0.105. The van der Waals surface area contributed by atoms with Crippen LogP contribution >= 0.6 is 0 Å². The number of benzene rings is 4. The predicted octanol–water partition coefficient (Wildman–Crippen LogP) is 6.51. The minimum Gasteiger partial charge on any atom is -0.307 e. The zero-order valence-corrected chi connectivity index (χ0v) is 32.2. The smallest absolute Gasteiger partial charge is 0.307 e. The third-order valence-corrected chi connectivity index (χ3v) is 12.6. The molecule has 10 nitrogen and oxygen atoms in total. The molecule has 0 radical (unpaired) electrons. The van der Waals surface area contributed by atoms with E-state index in [1.165, 1.54) is 57.3 Å². The molecule has 0 fully saturated rings. The maximum absolute atomic E-state index is 12.4. The van der Waals surface area contributed by atoms with Gasteiger partial charge in [0.2, 0.25) is 26.1 Å². The van der Waals surface area contributed by atoms with Gasteiger partial charge in [0.15, 0.2) is 0 Å². The van der Waals surface area contributed by atoms with Crippen molar-refractivity contribution in [3.8, 4) is 0 Å². The van der Waals surface area contributed by atoms with Crippen LogP contribution in [0.25, 0.3) is 0 Å². The number of aryl methyl sites for hydroxylation is 6. The molecule has 4 N–H and O–H groups in total. The Labute approximate surface area is 318 Å². The number of aliphatic imine (C=N–C) groups is 1. The van der Waals surface area contributed by atoms with Crippen LogP contribution < -0.4 is 15.2 Å². The van der Waals surface area contributed by atoms with Crippen LogP contribution in [0.5, 0.6) is 0 Å². The third-order valence-electron chi connectivity index (χ3n) is 10.6. The first-order valence-corrected chi connectivity index (χ1v) is 22.2. The summed E-state index contributed by atoms with van der Waals surface area (Å²) in [6.07, 6.45) is 15.6. The van der Waals surface area contributed by atoms with Crippen molar-refractivity contribution in [1.29, 1.82) is 0 Å². The molecule has 0 atom stereocenters. The van der Waals surface area contributed by atoms with Crippen LogP contribution in [0.3, 0.4) is 0 Å². The number of rotatable bonds is 9. The second-order valence-corrected chi connectivity index (χ2v) is 17.9. The fourth-order valence-corrected chi connectivity index (χ4v) is 9.53. The SMILES string of the molecule is NS(=O)(=O)CCc1ccccc1.O=C(Nc1c2c(cc3c1CCC3)CCC2)NS(=O)(=O)CCc1ccccc1.O=C=Nc1c2c(cc3c1CCC3)CCC2. The van der Waals surface area contributed by atoms with E-state index >= 15 is 0 Å². The first-order chi connectivity index (χ1) is 26.0. The summed E-state index contributed by atoms with van der Waals surface area (Å²) in [5, 5.41) is 7.72. The Morgan fingerprint density at radius 2 is 1.06 bits per heavy atom. The molecule has 0 aromatic heterocycles. The van der Waals surface area contributed by atoms with Crippen LogP contribution in [0.1, 0.15) is 81.3 Å². The molecule has 4 aliphatic carbocycles. The minimum atomic E-state index is -3.69. The zero-order valence-electron chi connectivity index (χ0n) is 30.5. The molecule has 4 aliphatic rings. The molecule has 0 saturated heterocycles. The maximum atomic E-state index is 12.4. The topological polar surface area (TPSA) is 165 Å². The number of hydrogen-bond acceptors (Lipinski definition) is 7. The minimum absolute atomic E-state index is 0.0109. The second kappa shape index (κ2) is 17.7. The summed E-state index contributed by atoms with van der Waals surface area (Å²) in [4.78, 5) is 26.9. The average molecular weight is 769 g/mol. The molecule has 0 aliphatic heterocycles. The molecule has 0 bridgehead atoms. The Kier molecular flexibility index (Phi) is 12.8. The number of urea groups is 1. The van der Waals surface area contributed by atoms with Gasteiger partial charge in [-0.1, -0.05) is 72.8 Å². The van der Waals surface area contributed by atoms with Crippen molar-refractivity contribution in [2.75, 3.05) is 16.8 Å². The molecule has 0 saturated carbocycles. The van der Waals surface area contributed by atoms with Gasteiger partial charge in [-0.2, -0.15) is 4.99 Å². The van der Waals surface area contributed by atoms with Crippen molar-refractivity contribution in [3.63, 3.8) is 0 Å². The van der Waals surface area contributed by atoms with E-state index in [9.17, 15) is 26.4 Å². The van der Waals surface area contributed by atoms with Gasteiger partial charge in [0.1, 0.15) is 0 Å². The van der Waals surface area contributed by atoms with Crippen LogP contribution in [-0.4, -0.2) is 40.5 Å². The Balaban J connectivity index is 0.000000154. The average Bonchev–Trinajstić information content (AvgIpc) is 3.99. The number of amides is 2.